The molecule has 0 aliphatic carbocycles. The molecule has 0 aromatic carbocycles. The highest BCUT2D eigenvalue weighted by molar-refractivity contribution is 7.85. The second kappa shape index (κ2) is 13.2. The first-order chi connectivity index (χ1) is 10.8. The Hall–Kier alpha value is -0.170. The number of hydroxylamine groups is 3. The van der Waals surface area contributed by atoms with Crippen molar-refractivity contribution in [3.8, 4) is 0 Å². The lowest BCUT2D eigenvalue weighted by atomic mass is 10.1. The third-order valence-corrected chi connectivity index (χ3v) is 4.84. The second-order valence-corrected chi connectivity index (χ2v) is 8.52. The number of nitrogens with zero attached hydrogens (tertiary/aromatic N) is 1. The molecular weight excluding hydrogens is 314 g/mol. The molecule has 0 saturated carbocycles. The summed E-state index contributed by atoms with van der Waals surface area (Å²) >= 11 is 0. The van der Waals surface area contributed by atoms with Crippen molar-refractivity contribution < 1.29 is 22.5 Å². The van der Waals surface area contributed by atoms with E-state index in [0.29, 0.717) is 17.7 Å². The van der Waals surface area contributed by atoms with E-state index in [-0.39, 0.29) is 5.75 Å². The predicted molar refractivity (Wildman–Crippen MR) is 95.8 cm³/mol. The minimum Gasteiger partial charge on any atom is -0.286 e. The largest absolute Gasteiger partial charge is 0.286 e. The molecule has 0 radical (unpaired) electrons. The topological polar surface area (TPSA) is 63.6 Å². The van der Waals surface area contributed by atoms with E-state index in [0.717, 1.165) is 13.0 Å². The van der Waals surface area contributed by atoms with Crippen molar-refractivity contribution in [3.05, 3.63) is 0 Å². The Morgan fingerprint density at radius 3 is 1.78 bits per heavy atom. The summed E-state index contributed by atoms with van der Waals surface area (Å²) in [6, 6.07) is 0. The van der Waals surface area contributed by atoms with Crippen molar-refractivity contribution >= 4 is 10.1 Å². The van der Waals surface area contributed by atoms with Crippen molar-refractivity contribution in [2.45, 2.75) is 77.6 Å². The Labute approximate surface area is 143 Å². The van der Waals surface area contributed by atoms with E-state index in [9.17, 15) is 8.42 Å². The maximum atomic E-state index is 10.6. The number of quaternary nitrogens is 1. The van der Waals surface area contributed by atoms with Gasteiger partial charge in [-0.15, -0.1) is 0 Å². The molecule has 0 aromatic heterocycles. The first-order valence-corrected chi connectivity index (χ1v) is 10.8. The zero-order valence-corrected chi connectivity index (χ0v) is 16.2. The van der Waals surface area contributed by atoms with Gasteiger partial charge in [0.2, 0.25) is 0 Å². The fourth-order valence-corrected chi connectivity index (χ4v) is 3.08. The van der Waals surface area contributed by atoms with Gasteiger partial charge in [0.25, 0.3) is 10.1 Å². The molecule has 0 rings (SSSR count). The first-order valence-electron chi connectivity index (χ1n) is 9.19. The van der Waals surface area contributed by atoms with E-state index in [1.54, 1.807) is 0 Å². The van der Waals surface area contributed by atoms with Gasteiger partial charge in [-0.1, -0.05) is 58.3 Å². The molecule has 0 heterocycles. The highest BCUT2D eigenvalue weighted by atomic mass is 32.2. The van der Waals surface area contributed by atoms with Gasteiger partial charge in [0.15, 0.2) is 0 Å². The summed E-state index contributed by atoms with van der Waals surface area (Å²) in [6.45, 7) is 3.53. The molecule has 23 heavy (non-hydrogen) atoms. The molecule has 1 N–H and O–H groups in total. The summed E-state index contributed by atoms with van der Waals surface area (Å²) in [6.07, 6.45) is 13.5. The van der Waals surface area contributed by atoms with Crippen LogP contribution in [0.1, 0.15) is 77.6 Å². The molecule has 0 aromatic rings. The van der Waals surface area contributed by atoms with Gasteiger partial charge in [-0.2, -0.15) is 13.1 Å². The first kappa shape index (κ1) is 22.8. The van der Waals surface area contributed by atoms with Crippen molar-refractivity contribution in [1.82, 2.24) is 0 Å². The van der Waals surface area contributed by atoms with Crippen LogP contribution < -0.4 is 0 Å². The SMILES string of the molecule is CCCCCCCCCCCC[N+](C)(C)OCCCS(=O)(=O)O. The van der Waals surface area contributed by atoms with Crippen molar-refractivity contribution in [2.75, 3.05) is 33.0 Å². The Morgan fingerprint density at radius 1 is 0.826 bits per heavy atom. The van der Waals surface area contributed by atoms with E-state index in [1.807, 2.05) is 14.1 Å². The van der Waals surface area contributed by atoms with Crippen molar-refractivity contribution in [1.29, 1.82) is 0 Å². The van der Waals surface area contributed by atoms with Crippen LogP contribution >= 0.6 is 0 Å². The molecule has 140 valence electrons. The maximum Gasteiger partial charge on any atom is 0.264 e. The standard InChI is InChI=1S/C17H37NO4S/c1-4-5-6-7-8-9-10-11-12-13-15-18(2,3)22-16-14-17-23(19,20)21/h4-17H2,1-3H3/p+1. The summed E-state index contributed by atoms with van der Waals surface area (Å²) in [5.74, 6) is -0.231. The van der Waals surface area contributed by atoms with E-state index >= 15 is 0 Å². The third kappa shape index (κ3) is 18.0. The third-order valence-electron chi connectivity index (χ3n) is 4.04. The van der Waals surface area contributed by atoms with Crippen molar-refractivity contribution in [3.63, 3.8) is 0 Å². The highest BCUT2D eigenvalue weighted by Crippen LogP contribution is 2.12. The van der Waals surface area contributed by atoms with E-state index in [4.69, 9.17) is 9.39 Å². The monoisotopic (exact) mass is 352 g/mol. The second-order valence-electron chi connectivity index (χ2n) is 6.95. The predicted octanol–water partition coefficient (Wildman–Crippen LogP) is 4.19. The van der Waals surface area contributed by atoms with Crippen LogP contribution in [-0.4, -0.2) is 50.6 Å². The molecule has 0 unspecified atom stereocenters. The lowest BCUT2D eigenvalue weighted by molar-refractivity contribution is -1.08. The smallest absolute Gasteiger partial charge is 0.264 e. The molecule has 0 saturated heterocycles. The Kier molecular flexibility index (Phi) is 13.1. The lowest BCUT2D eigenvalue weighted by Gasteiger charge is -2.26. The van der Waals surface area contributed by atoms with E-state index < -0.39 is 10.1 Å². The van der Waals surface area contributed by atoms with Gasteiger partial charge >= 0.3 is 0 Å². The average Bonchev–Trinajstić information content (AvgIpc) is 2.45. The zero-order chi connectivity index (χ0) is 17.6. The molecule has 6 heteroatoms. The van der Waals surface area contributed by atoms with Gasteiger partial charge in [0.05, 0.1) is 19.8 Å². The summed E-state index contributed by atoms with van der Waals surface area (Å²) < 4.78 is 30.4. The molecule has 0 spiro atoms. The Bertz CT molecular complexity index is 369. The molecule has 0 aliphatic heterocycles. The Morgan fingerprint density at radius 2 is 1.30 bits per heavy atom. The minimum absolute atomic E-state index is 0.231. The molecule has 0 atom stereocenters. The normalized spacial score (nSPS) is 12.7. The molecule has 5 nitrogen and oxygen atoms in total. The summed E-state index contributed by atoms with van der Waals surface area (Å²) in [7, 11) is 0.108. The summed E-state index contributed by atoms with van der Waals surface area (Å²) in [5, 5.41) is 0. The van der Waals surface area contributed by atoms with Crippen LogP contribution in [-0.2, 0) is 15.0 Å². The van der Waals surface area contributed by atoms with Crippen LogP contribution in [0.25, 0.3) is 0 Å². The number of rotatable bonds is 16. The minimum atomic E-state index is -3.87. The van der Waals surface area contributed by atoms with Gasteiger partial charge < -0.3 is 0 Å². The Balaban J connectivity index is 3.44. The lowest BCUT2D eigenvalue weighted by Crippen LogP contribution is -2.40. The molecule has 0 aliphatic rings. The van der Waals surface area contributed by atoms with Crippen LogP contribution in [0.4, 0.5) is 0 Å². The number of hydrogen-bond acceptors (Lipinski definition) is 3. The fraction of sp³-hybridized carbons (Fsp3) is 1.00. The number of unbranched alkanes of at least 4 members (excludes halogenated alkanes) is 9. The van der Waals surface area contributed by atoms with Gasteiger partial charge in [-0.25, -0.2) is 4.84 Å². The molecular formula is C17H38NO4S+. The van der Waals surface area contributed by atoms with Gasteiger partial charge in [-0.05, 0) is 19.3 Å². The van der Waals surface area contributed by atoms with E-state index in [1.165, 1.54) is 57.8 Å². The van der Waals surface area contributed by atoms with Crippen LogP contribution in [0.15, 0.2) is 0 Å². The van der Waals surface area contributed by atoms with Crippen LogP contribution in [0.2, 0.25) is 0 Å². The van der Waals surface area contributed by atoms with Crippen LogP contribution in [0.3, 0.4) is 0 Å². The van der Waals surface area contributed by atoms with Gasteiger partial charge in [-0.3, -0.25) is 4.55 Å². The molecule has 0 fully saturated rings. The van der Waals surface area contributed by atoms with Gasteiger partial charge in [0.1, 0.15) is 13.2 Å². The summed E-state index contributed by atoms with van der Waals surface area (Å²) in [5.41, 5.74) is 0. The average molecular weight is 353 g/mol. The van der Waals surface area contributed by atoms with E-state index in [2.05, 4.69) is 6.92 Å². The van der Waals surface area contributed by atoms with Crippen LogP contribution in [0, 0.1) is 0 Å². The summed E-state index contributed by atoms with van der Waals surface area (Å²) in [4.78, 5) is 5.67. The molecule has 0 bridgehead atoms. The quantitative estimate of drug-likeness (QED) is 0.196. The zero-order valence-electron chi connectivity index (χ0n) is 15.4. The molecule has 0 amide bonds. The number of hydrogen-bond donors (Lipinski definition) is 1. The van der Waals surface area contributed by atoms with Gasteiger partial charge in [0, 0.05) is 0 Å². The fourth-order valence-electron chi connectivity index (χ4n) is 2.60. The highest BCUT2D eigenvalue weighted by Gasteiger charge is 2.16. The van der Waals surface area contributed by atoms with Crippen molar-refractivity contribution in [2.24, 2.45) is 0 Å². The van der Waals surface area contributed by atoms with Crippen LogP contribution in [0.5, 0.6) is 0 Å². The maximum absolute atomic E-state index is 10.6.